The highest BCUT2D eigenvalue weighted by atomic mass is 15.6. The molecule has 3 aliphatic carbocycles. The molecule has 0 amide bonds. The normalized spacial score (nSPS) is 40.3. The fourth-order valence-corrected chi connectivity index (χ4v) is 16.7. The van der Waals surface area contributed by atoms with E-state index in [0.29, 0.717) is 60.6 Å². The highest BCUT2D eigenvalue weighted by Gasteiger charge is 2.72. The Morgan fingerprint density at radius 2 is 0.762 bits per heavy atom. The molecule has 14 atom stereocenters. The van der Waals surface area contributed by atoms with Crippen molar-refractivity contribution < 1.29 is 0 Å². The molecule has 320 valence electrons. The summed E-state index contributed by atoms with van der Waals surface area (Å²) in [5.74, 6) is 5.25. The van der Waals surface area contributed by atoms with E-state index in [1.54, 1.807) is 11.6 Å². The zero-order valence-corrected chi connectivity index (χ0v) is 36.4. The molecule has 4 N–H and O–H groups in total. The Bertz CT molecular complexity index is 2300. The number of rotatable bonds is 4. The molecule has 7 fully saturated rings. The van der Waals surface area contributed by atoms with E-state index < -0.39 is 0 Å². The molecule has 8 heterocycles. The van der Waals surface area contributed by atoms with Crippen molar-refractivity contribution in [2.24, 2.45) is 11.8 Å². The maximum atomic E-state index is 4.41. The van der Waals surface area contributed by atoms with Gasteiger partial charge in [-0.3, -0.25) is 21.3 Å². The molecule has 4 saturated heterocycles. The third kappa shape index (κ3) is 5.03. The molecule has 14 unspecified atom stereocenters. The largest absolute Gasteiger partial charge is 0.347 e. The molecule has 4 aromatic carbocycles. The number of nitrogens with zero attached hydrogens (tertiary/aromatic N) is 4. The maximum Gasteiger partial charge on any atom is 0.216 e. The smallest absolute Gasteiger partial charge is 0.216 e. The first-order valence-corrected chi connectivity index (χ1v) is 25.2. The van der Waals surface area contributed by atoms with Crippen molar-refractivity contribution in [3.8, 4) is 0 Å². The molecule has 63 heavy (non-hydrogen) atoms. The summed E-state index contributed by atoms with van der Waals surface area (Å²) >= 11 is 0. The van der Waals surface area contributed by atoms with Crippen LogP contribution in [0.4, 0.5) is 0 Å². The Morgan fingerprint density at radius 1 is 0.381 bits per heavy atom. The van der Waals surface area contributed by atoms with Gasteiger partial charge in [-0.1, -0.05) is 158 Å². The molecule has 15 rings (SSSR count). The summed E-state index contributed by atoms with van der Waals surface area (Å²) in [6.45, 7) is 0.547. The van der Waals surface area contributed by atoms with Gasteiger partial charge in [0, 0.05) is 24.2 Å². The van der Waals surface area contributed by atoms with E-state index in [0.717, 1.165) is 0 Å². The molecule has 8 aliphatic heterocycles. The van der Waals surface area contributed by atoms with Gasteiger partial charge in [-0.25, -0.2) is 0 Å². The van der Waals surface area contributed by atoms with Crippen LogP contribution in [-0.4, -0.2) is 74.9 Å². The number of hydrogen-bond acceptors (Lipinski definition) is 8. The highest BCUT2D eigenvalue weighted by Crippen LogP contribution is 2.67. The molecule has 4 aromatic rings. The lowest BCUT2D eigenvalue weighted by Gasteiger charge is -2.59. The summed E-state index contributed by atoms with van der Waals surface area (Å²) in [6.07, 6.45) is 15.3. The number of benzene rings is 4. The van der Waals surface area contributed by atoms with E-state index in [1.165, 1.54) is 92.9 Å². The molecule has 0 bridgehead atoms. The van der Waals surface area contributed by atoms with Crippen LogP contribution < -0.4 is 21.3 Å². The van der Waals surface area contributed by atoms with E-state index in [2.05, 4.69) is 162 Å². The molecule has 0 radical (unpaired) electrons. The van der Waals surface area contributed by atoms with E-state index in [9.17, 15) is 0 Å². The lowest BCUT2D eigenvalue weighted by Crippen LogP contribution is -2.70. The summed E-state index contributed by atoms with van der Waals surface area (Å²) in [6, 6.07) is 48.9. The second-order valence-electron chi connectivity index (χ2n) is 21.2. The number of fused-ring (bicyclic) bond motifs is 16. The average Bonchev–Trinajstić information content (AvgIpc) is 4.09. The summed E-state index contributed by atoms with van der Waals surface area (Å²) in [4.78, 5) is 12.4. The SMILES string of the molecule is c1ccc(C2NC(c3ccccc3)C3C(N2)N2C4=C(B5C6=C7N(C8CCCC2C58)C2NC(c5ccccc5)NC(c5ccccc5)C2N7C2CCCCC62)C2CCCCC2N43)cc1. The van der Waals surface area contributed by atoms with Crippen LogP contribution in [0.25, 0.3) is 0 Å². The first kappa shape index (κ1) is 36.8. The van der Waals surface area contributed by atoms with Crippen LogP contribution in [0.15, 0.2) is 144 Å². The lowest BCUT2D eigenvalue weighted by molar-refractivity contribution is 0.0264. The van der Waals surface area contributed by atoms with Crippen LogP contribution in [0, 0.1) is 11.8 Å². The summed E-state index contributed by atoms with van der Waals surface area (Å²) in [5.41, 5.74) is 9.33. The second-order valence-corrected chi connectivity index (χ2v) is 21.2. The van der Waals surface area contributed by atoms with Crippen molar-refractivity contribution >= 4 is 6.71 Å². The number of hydrogen-bond donors (Lipinski definition) is 4. The van der Waals surface area contributed by atoms with Gasteiger partial charge >= 0.3 is 0 Å². The third-order valence-electron chi connectivity index (χ3n) is 18.6. The van der Waals surface area contributed by atoms with Gasteiger partial charge in [0.2, 0.25) is 6.71 Å². The molecule has 8 nitrogen and oxygen atoms in total. The summed E-state index contributed by atoms with van der Waals surface area (Å²) in [5, 5.41) is 17.4. The average molecular weight is 833 g/mol. The molecule has 11 aliphatic rings. The Hall–Kier alpha value is -4.54. The fraction of sp³-hybridized carbons (Fsp3) is 0.481. The molecule has 9 heteroatoms. The van der Waals surface area contributed by atoms with E-state index in [1.807, 2.05) is 10.9 Å². The van der Waals surface area contributed by atoms with Gasteiger partial charge in [-0.05, 0) is 84.9 Å². The quantitative estimate of drug-likeness (QED) is 0.153. The predicted octanol–water partition coefficient (Wildman–Crippen LogP) is 8.34. The minimum atomic E-state index is 0.0798. The molecule has 0 spiro atoms. The van der Waals surface area contributed by atoms with Gasteiger partial charge in [0.25, 0.3) is 0 Å². The van der Waals surface area contributed by atoms with Crippen LogP contribution in [0.3, 0.4) is 0 Å². The lowest BCUT2D eigenvalue weighted by atomic mass is 9.24. The highest BCUT2D eigenvalue weighted by molar-refractivity contribution is 6.77. The summed E-state index contributed by atoms with van der Waals surface area (Å²) < 4.78 is 0. The van der Waals surface area contributed by atoms with Crippen molar-refractivity contribution in [2.75, 3.05) is 0 Å². The van der Waals surface area contributed by atoms with Gasteiger partial charge in [-0.15, -0.1) is 0 Å². The molecule has 3 saturated carbocycles. The van der Waals surface area contributed by atoms with Crippen LogP contribution in [0.5, 0.6) is 0 Å². The van der Waals surface area contributed by atoms with Gasteiger partial charge in [0.1, 0.15) is 12.3 Å². The fourth-order valence-electron chi connectivity index (χ4n) is 16.7. The standard InChI is InChI=1S/C54H61BN8/c1-5-18-32(19-6-1)45-47-51(58-49(56-45)34-22-9-3-10-23-34)62-40-30-17-31-41-44(40)55(42-36-26-13-15-28-38(36)60(47)53(42)62)43-37-27-14-16-29-39(37)61-48-46(33-20-7-2-8-21-33)57-50(35-24-11-4-12-25-35)59-52(48)63(41)54(43)61/h1-12,18-25,36-41,44-52,56-59H,13-17,26-31H2. The minimum Gasteiger partial charge on any atom is -0.347 e. The van der Waals surface area contributed by atoms with Crippen molar-refractivity contribution in [3.63, 3.8) is 0 Å². The van der Waals surface area contributed by atoms with Crippen molar-refractivity contribution in [3.05, 3.63) is 166 Å². The van der Waals surface area contributed by atoms with Crippen LogP contribution in [-0.2, 0) is 0 Å². The van der Waals surface area contributed by atoms with Crippen molar-refractivity contribution in [2.45, 2.75) is 149 Å². The van der Waals surface area contributed by atoms with Crippen LogP contribution in [0.1, 0.15) is 117 Å². The van der Waals surface area contributed by atoms with Gasteiger partial charge < -0.3 is 19.6 Å². The third-order valence-corrected chi connectivity index (χ3v) is 18.6. The first-order chi connectivity index (χ1) is 31.3. The number of nitrogens with one attached hydrogen (secondary N) is 4. The molecular formula is C54H61BN8. The Morgan fingerprint density at radius 3 is 1.19 bits per heavy atom. The predicted molar refractivity (Wildman–Crippen MR) is 248 cm³/mol. The van der Waals surface area contributed by atoms with E-state index >= 15 is 0 Å². The Kier molecular flexibility index (Phi) is 8.16. The van der Waals surface area contributed by atoms with E-state index in [-0.39, 0.29) is 36.7 Å². The maximum absolute atomic E-state index is 4.41. The minimum absolute atomic E-state index is 0.0798. The van der Waals surface area contributed by atoms with Gasteiger partial charge in [-0.2, -0.15) is 0 Å². The molecular weight excluding hydrogens is 771 g/mol. The van der Waals surface area contributed by atoms with Crippen molar-refractivity contribution in [1.29, 1.82) is 0 Å². The van der Waals surface area contributed by atoms with Gasteiger partial charge in [0.05, 0.1) is 48.1 Å². The van der Waals surface area contributed by atoms with Gasteiger partial charge in [0.15, 0.2) is 0 Å². The zero-order valence-electron chi connectivity index (χ0n) is 36.4. The van der Waals surface area contributed by atoms with E-state index in [4.69, 9.17) is 0 Å². The summed E-state index contributed by atoms with van der Waals surface area (Å²) in [7, 11) is 0. The first-order valence-electron chi connectivity index (χ1n) is 25.2. The van der Waals surface area contributed by atoms with Crippen LogP contribution in [0.2, 0.25) is 5.82 Å². The Labute approximate surface area is 373 Å². The second kappa shape index (κ2) is 14.0. The van der Waals surface area contributed by atoms with Crippen molar-refractivity contribution in [1.82, 2.24) is 40.9 Å². The monoisotopic (exact) mass is 833 g/mol. The molecule has 0 aromatic heterocycles. The van der Waals surface area contributed by atoms with Crippen LogP contribution >= 0.6 is 0 Å². The Balaban J connectivity index is 0.935. The topological polar surface area (TPSA) is 61.1 Å². The zero-order chi connectivity index (χ0) is 40.9.